The molecule has 2 nitrogen and oxygen atoms in total. The molecule has 0 bridgehead atoms. The second-order valence-corrected chi connectivity index (χ2v) is 5.18. The van der Waals surface area contributed by atoms with E-state index >= 15 is 0 Å². The summed E-state index contributed by atoms with van der Waals surface area (Å²) in [6.45, 7) is 7.54. The van der Waals surface area contributed by atoms with Gasteiger partial charge in [-0.2, -0.15) is 0 Å². The Hall–Kier alpha value is -0.0800. The topological polar surface area (TPSA) is 21.3 Å². The van der Waals surface area contributed by atoms with E-state index in [0.29, 0.717) is 6.04 Å². The van der Waals surface area contributed by atoms with Gasteiger partial charge in [0.05, 0.1) is 5.60 Å². The highest BCUT2D eigenvalue weighted by Gasteiger charge is 2.41. The monoisotopic (exact) mass is 213 g/mol. The van der Waals surface area contributed by atoms with E-state index in [1.54, 1.807) is 0 Å². The first-order chi connectivity index (χ1) is 7.14. The molecular formula is C13H27NO. The third-order valence-electron chi connectivity index (χ3n) is 3.57. The maximum atomic E-state index is 6.08. The molecule has 1 saturated carbocycles. The standard InChI is InChI=1S/C13H27NO/c1-5-15-13(8-6-7-9-13)12(14-4)10-11(2)3/h11-12,14H,5-10H2,1-4H3. The maximum absolute atomic E-state index is 6.08. The lowest BCUT2D eigenvalue weighted by atomic mass is 9.86. The summed E-state index contributed by atoms with van der Waals surface area (Å²) in [5.74, 6) is 0.736. The van der Waals surface area contributed by atoms with Crippen molar-refractivity contribution in [2.75, 3.05) is 13.7 Å². The van der Waals surface area contributed by atoms with E-state index < -0.39 is 0 Å². The molecule has 1 aliphatic carbocycles. The molecule has 15 heavy (non-hydrogen) atoms. The molecule has 0 aliphatic heterocycles. The molecule has 1 N–H and O–H groups in total. The summed E-state index contributed by atoms with van der Waals surface area (Å²) in [5.41, 5.74) is 0.133. The van der Waals surface area contributed by atoms with Crippen molar-refractivity contribution in [1.29, 1.82) is 0 Å². The number of nitrogens with one attached hydrogen (secondary N) is 1. The van der Waals surface area contributed by atoms with Crippen molar-refractivity contribution < 1.29 is 4.74 Å². The van der Waals surface area contributed by atoms with Crippen molar-refractivity contribution >= 4 is 0 Å². The molecule has 0 saturated heterocycles. The summed E-state index contributed by atoms with van der Waals surface area (Å²) in [6.07, 6.45) is 6.35. The molecule has 2 heteroatoms. The maximum Gasteiger partial charge on any atom is 0.0834 e. The van der Waals surface area contributed by atoms with Crippen LogP contribution in [0.1, 0.15) is 52.9 Å². The Labute approximate surface area is 94.8 Å². The van der Waals surface area contributed by atoms with Gasteiger partial charge in [0.15, 0.2) is 0 Å². The van der Waals surface area contributed by atoms with Gasteiger partial charge in [-0.15, -0.1) is 0 Å². The quantitative estimate of drug-likeness (QED) is 0.732. The number of likely N-dealkylation sites (N-methyl/N-ethyl adjacent to an activating group) is 1. The SMILES string of the molecule is CCOC1(C(CC(C)C)NC)CCCC1. The molecule has 1 unspecified atom stereocenters. The van der Waals surface area contributed by atoms with E-state index in [4.69, 9.17) is 4.74 Å². The van der Waals surface area contributed by atoms with Gasteiger partial charge in [0.2, 0.25) is 0 Å². The summed E-state index contributed by atoms with van der Waals surface area (Å²) in [5, 5.41) is 3.48. The number of rotatable bonds is 6. The second-order valence-electron chi connectivity index (χ2n) is 5.18. The van der Waals surface area contributed by atoms with Crippen LogP contribution in [-0.2, 0) is 4.74 Å². The van der Waals surface area contributed by atoms with Crippen molar-refractivity contribution in [1.82, 2.24) is 5.32 Å². The predicted molar refractivity (Wildman–Crippen MR) is 65.1 cm³/mol. The lowest BCUT2D eigenvalue weighted by molar-refractivity contribution is -0.0640. The fourth-order valence-electron chi connectivity index (χ4n) is 2.92. The van der Waals surface area contributed by atoms with E-state index in [1.165, 1.54) is 32.1 Å². The lowest BCUT2D eigenvalue weighted by Crippen LogP contribution is -2.50. The van der Waals surface area contributed by atoms with Gasteiger partial charge in [0.25, 0.3) is 0 Å². The largest absolute Gasteiger partial charge is 0.374 e. The third kappa shape index (κ3) is 3.18. The Morgan fingerprint density at radius 3 is 2.27 bits per heavy atom. The van der Waals surface area contributed by atoms with Crippen LogP contribution in [0.3, 0.4) is 0 Å². The number of hydrogen-bond acceptors (Lipinski definition) is 2. The fraction of sp³-hybridized carbons (Fsp3) is 1.00. The van der Waals surface area contributed by atoms with Gasteiger partial charge >= 0.3 is 0 Å². The van der Waals surface area contributed by atoms with Gasteiger partial charge in [0.1, 0.15) is 0 Å². The minimum absolute atomic E-state index is 0.133. The molecule has 0 aromatic rings. The highest BCUT2D eigenvalue weighted by Crippen LogP contribution is 2.38. The van der Waals surface area contributed by atoms with Crippen LogP contribution in [0.2, 0.25) is 0 Å². The second kappa shape index (κ2) is 5.86. The van der Waals surface area contributed by atoms with Crippen LogP contribution in [0, 0.1) is 5.92 Å². The Morgan fingerprint density at radius 2 is 1.87 bits per heavy atom. The van der Waals surface area contributed by atoms with Crippen LogP contribution in [0.5, 0.6) is 0 Å². The van der Waals surface area contributed by atoms with Crippen LogP contribution in [0.15, 0.2) is 0 Å². The zero-order valence-electron chi connectivity index (χ0n) is 10.8. The van der Waals surface area contributed by atoms with Crippen LogP contribution in [0.4, 0.5) is 0 Å². The molecule has 0 heterocycles. The fourth-order valence-corrected chi connectivity index (χ4v) is 2.92. The van der Waals surface area contributed by atoms with Gasteiger partial charge in [-0.05, 0) is 39.2 Å². The van der Waals surface area contributed by atoms with E-state index in [0.717, 1.165) is 12.5 Å². The molecule has 1 atom stereocenters. The van der Waals surface area contributed by atoms with E-state index in [2.05, 4.69) is 33.1 Å². The summed E-state index contributed by atoms with van der Waals surface area (Å²) in [4.78, 5) is 0. The molecule has 0 amide bonds. The minimum atomic E-state index is 0.133. The van der Waals surface area contributed by atoms with Crippen molar-refractivity contribution in [2.24, 2.45) is 5.92 Å². The van der Waals surface area contributed by atoms with Gasteiger partial charge in [-0.25, -0.2) is 0 Å². The van der Waals surface area contributed by atoms with Gasteiger partial charge in [-0.1, -0.05) is 26.7 Å². The molecule has 90 valence electrons. The smallest absolute Gasteiger partial charge is 0.0834 e. The molecule has 0 radical (unpaired) electrons. The summed E-state index contributed by atoms with van der Waals surface area (Å²) < 4.78 is 6.08. The Balaban J connectivity index is 2.66. The van der Waals surface area contributed by atoms with Crippen molar-refractivity contribution in [3.8, 4) is 0 Å². The molecule has 0 aromatic heterocycles. The lowest BCUT2D eigenvalue weighted by Gasteiger charge is -2.38. The van der Waals surface area contributed by atoms with Crippen LogP contribution in [0.25, 0.3) is 0 Å². The first kappa shape index (κ1) is 13.0. The Bertz CT molecular complexity index is 173. The van der Waals surface area contributed by atoms with E-state index in [-0.39, 0.29) is 5.60 Å². The van der Waals surface area contributed by atoms with E-state index in [1.807, 2.05) is 0 Å². The highest BCUT2D eigenvalue weighted by molar-refractivity contribution is 4.96. The Kier molecular flexibility index (Phi) is 5.07. The number of ether oxygens (including phenoxy) is 1. The van der Waals surface area contributed by atoms with Crippen molar-refractivity contribution in [3.05, 3.63) is 0 Å². The Morgan fingerprint density at radius 1 is 1.27 bits per heavy atom. The van der Waals surface area contributed by atoms with Gasteiger partial charge < -0.3 is 10.1 Å². The summed E-state index contributed by atoms with van der Waals surface area (Å²) in [6, 6.07) is 0.528. The van der Waals surface area contributed by atoms with Gasteiger partial charge in [-0.3, -0.25) is 0 Å². The summed E-state index contributed by atoms with van der Waals surface area (Å²) >= 11 is 0. The zero-order valence-corrected chi connectivity index (χ0v) is 10.8. The van der Waals surface area contributed by atoms with Crippen LogP contribution < -0.4 is 5.32 Å². The minimum Gasteiger partial charge on any atom is -0.374 e. The molecule has 1 rings (SSSR count). The molecule has 0 aromatic carbocycles. The molecular weight excluding hydrogens is 186 g/mol. The highest BCUT2D eigenvalue weighted by atomic mass is 16.5. The first-order valence-corrected chi connectivity index (χ1v) is 6.46. The third-order valence-corrected chi connectivity index (χ3v) is 3.57. The molecule has 1 aliphatic rings. The predicted octanol–water partition coefficient (Wildman–Crippen LogP) is 2.97. The summed E-state index contributed by atoms with van der Waals surface area (Å²) in [7, 11) is 2.08. The van der Waals surface area contributed by atoms with Crippen molar-refractivity contribution in [3.63, 3.8) is 0 Å². The van der Waals surface area contributed by atoms with Crippen LogP contribution >= 0.6 is 0 Å². The van der Waals surface area contributed by atoms with Crippen LogP contribution in [-0.4, -0.2) is 25.3 Å². The normalized spacial score (nSPS) is 22.2. The molecule has 1 fully saturated rings. The van der Waals surface area contributed by atoms with E-state index in [9.17, 15) is 0 Å². The average molecular weight is 213 g/mol. The zero-order chi connectivity index (χ0) is 11.3. The average Bonchev–Trinajstić information content (AvgIpc) is 2.64. The molecule has 0 spiro atoms. The first-order valence-electron chi connectivity index (χ1n) is 6.46. The van der Waals surface area contributed by atoms with Crippen molar-refractivity contribution in [2.45, 2.75) is 64.5 Å². The number of hydrogen-bond donors (Lipinski definition) is 1. The van der Waals surface area contributed by atoms with Gasteiger partial charge in [0, 0.05) is 12.6 Å².